The minimum absolute atomic E-state index is 0.271. The van der Waals surface area contributed by atoms with Crippen molar-refractivity contribution in [2.24, 2.45) is 0 Å². The van der Waals surface area contributed by atoms with E-state index in [2.05, 4.69) is 15.0 Å². The quantitative estimate of drug-likeness (QED) is 0.924. The number of aryl methyl sites for hydroxylation is 1. The highest BCUT2D eigenvalue weighted by Gasteiger charge is 2.26. The van der Waals surface area contributed by atoms with Crippen LogP contribution in [0.25, 0.3) is 0 Å². The SMILES string of the molecule is Cc1noc(C2CCN(Cc3c(Cl)cccc3C(=O)O)CC2)n1. The fraction of sp³-hybridized carbons (Fsp3) is 0.438. The van der Waals surface area contributed by atoms with E-state index in [-0.39, 0.29) is 11.5 Å². The number of aromatic carboxylic acids is 1. The lowest BCUT2D eigenvalue weighted by molar-refractivity contribution is 0.0694. The maximum Gasteiger partial charge on any atom is 0.336 e. The van der Waals surface area contributed by atoms with Crippen LogP contribution in [0.1, 0.15) is 46.4 Å². The number of carboxylic acids is 1. The monoisotopic (exact) mass is 335 g/mol. The molecule has 0 amide bonds. The van der Waals surface area contributed by atoms with E-state index in [9.17, 15) is 9.90 Å². The molecule has 2 aromatic rings. The Morgan fingerprint density at radius 3 is 2.78 bits per heavy atom. The molecular weight excluding hydrogens is 318 g/mol. The topological polar surface area (TPSA) is 79.5 Å². The standard InChI is InChI=1S/C16H18ClN3O3/c1-10-18-15(23-19-10)11-5-7-20(8-6-11)9-13-12(16(21)22)3-2-4-14(13)17/h2-4,11H,5-9H2,1H3,(H,21,22). The van der Waals surface area contributed by atoms with Crippen molar-refractivity contribution in [1.29, 1.82) is 0 Å². The van der Waals surface area contributed by atoms with Crippen LogP contribution >= 0.6 is 11.6 Å². The van der Waals surface area contributed by atoms with Gasteiger partial charge in [0.1, 0.15) is 0 Å². The van der Waals surface area contributed by atoms with Crippen molar-refractivity contribution in [3.8, 4) is 0 Å². The fourth-order valence-corrected chi connectivity index (χ4v) is 3.19. The molecule has 1 aliphatic heterocycles. The molecule has 3 rings (SSSR count). The third kappa shape index (κ3) is 3.54. The van der Waals surface area contributed by atoms with Crippen molar-refractivity contribution in [3.63, 3.8) is 0 Å². The molecule has 0 bridgehead atoms. The Hall–Kier alpha value is -1.92. The van der Waals surface area contributed by atoms with Gasteiger partial charge in [0.15, 0.2) is 5.82 Å². The number of hydrogen-bond acceptors (Lipinski definition) is 5. The second-order valence-electron chi connectivity index (χ2n) is 5.80. The van der Waals surface area contributed by atoms with E-state index in [1.807, 2.05) is 6.92 Å². The number of benzene rings is 1. The molecule has 1 N–H and O–H groups in total. The van der Waals surface area contributed by atoms with Crippen LogP contribution in [0.5, 0.6) is 0 Å². The third-order valence-corrected chi connectivity index (χ3v) is 4.57. The molecule has 6 nitrogen and oxygen atoms in total. The Bertz CT molecular complexity index is 708. The first-order chi connectivity index (χ1) is 11.0. The molecule has 7 heteroatoms. The number of aromatic nitrogens is 2. The van der Waals surface area contributed by atoms with Crippen LogP contribution in [-0.4, -0.2) is 39.2 Å². The molecule has 0 radical (unpaired) electrons. The summed E-state index contributed by atoms with van der Waals surface area (Å²) in [5.41, 5.74) is 0.945. The van der Waals surface area contributed by atoms with E-state index in [1.54, 1.807) is 18.2 Å². The normalized spacial score (nSPS) is 16.6. The van der Waals surface area contributed by atoms with Gasteiger partial charge in [-0.25, -0.2) is 4.79 Å². The molecule has 0 aliphatic carbocycles. The minimum atomic E-state index is -0.946. The number of nitrogens with zero attached hydrogens (tertiary/aromatic N) is 3. The van der Waals surface area contributed by atoms with E-state index in [4.69, 9.17) is 16.1 Å². The Kier molecular flexibility index (Phi) is 4.63. The van der Waals surface area contributed by atoms with E-state index >= 15 is 0 Å². The average Bonchev–Trinajstić information content (AvgIpc) is 2.96. The maximum absolute atomic E-state index is 11.4. The van der Waals surface area contributed by atoms with Gasteiger partial charge in [-0.2, -0.15) is 4.98 Å². The highest BCUT2D eigenvalue weighted by molar-refractivity contribution is 6.31. The van der Waals surface area contributed by atoms with Gasteiger partial charge in [0.25, 0.3) is 0 Å². The summed E-state index contributed by atoms with van der Waals surface area (Å²) in [4.78, 5) is 17.9. The Labute approximate surface area is 139 Å². The molecule has 1 fully saturated rings. The van der Waals surface area contributed by atoms with Crippen molar-refractivity contribution >= 4 is 17.6 Å². The number of hydrogen-bond donors (Lipinski definition) is 1. The van der Waals surface area contributed by atoms with E-state index in [0.29, 0.717) is 28.8 Å². The molecule has 2 heterocycles. The van der Waals surface area contributed by atoms with Gasteiger partial charge in [-0.05, 0) is 50.6 Å². The summed E-state index contributed by atoms with van der Waals surface area (Å²) in [6.45, 7) is 4.04. The van der Waals surface area contributed by atoms with Crippen LogP contribution in [0, 0.1) is 6.92 Å². The van der Waals surface area contributed by atoms with Crippen LogP contribution in [0.4, 0.5) is 0 Å². The predicted octanol–water partition coefficient (Wildman–Crippen LogP) is 3.11. The maximum atomic E-state index is 11.4. The second kappa shape index (κ2) is 6.68. The number of likely N-dealkylation sites (tertiary alicyclic amines) is 1. The van der Waals surface area contributed by atoms with Gasteiger partial charge >= 0.3 is 5.97 Å². The first-order valence-corrected chi connectivity index (χ1v) is 7.95. The first-order valence-electron chi connectivity index (χ1n) is 7.58. The molecule has 0 saturated carbocycles. The van der Waals surface area contributed by atoms with Crippen LogP contribution in [-0.2, 0) is 6.54 Å². The number of piperidine rings is 1. The van der Waals surface area contributed by atoms with Gasteiger partial charge in [-0.1, -0.05) is 22.8 Å². The molecule has 1 aliphatic rings. The number of halogens is 1. The minimum Gasteiger partial charge on any atom is -0.478 e. The van der Waals surface area contributed by atoms with E-state index in [1.165, 1.54) is 0 Å². The van der Waals surface area contributed by atoms with Gasteiger partial charge in [0.2, 0.25) is 5.89 Å². The Morgan fingerprint density at radius 1 is 1.43 bits per heavy atom. The number of rotatable bonds is 4. The van der Waals surface area contributed by atoms with Crippen molar-refractivity contribution in [2.75, 3.05) is 13.1 Å². The summed E-state index contributed by atoms with van der Waals surface area (Å²) in [5.74, 6) is 0.687. The molecular formula is C16H18ClN3O3. The summed E-state index contributed by atoms with van der Waals surface area (Å²) in [6.07, 6.45) is 1.82. The summed E-state index contributed by atoms with van der Waals surface area (Å²) in [5, 5.41) is 13.6. The molecule has 1 aromatic heterocycles. The zero-order valence-electron chi connectivity index (χ0n) is 12.8. The second-order valence-corrected chi connectivity index (χ2v) is 6.21. The molecule has 1 saturated heterocycles. The lowest BCUT2D eigenvalue weighted by Gasteiger charge is -2.30. The van der Waals surface area contributed by atoms with Crippen molar-refractivity contribution in [3.05, 3.63) is 46.1 Å². The lowest BCUT2D eigenvalue weighted by atomic mass is 9.96. The van der Waals surface area contributed by atoms with Gasteiger partial charge in [0.05, 0.1) is 5.56 Å². The van der Waals surface area contributed by atoms with Crippen molar-refractivity contribution < 1.29 is 14.4 Å². The summed E-state index contributed by atoms with van der Waals surface area (Å²) < 4.78 is 5.25. The number of carboxylic acid groups (broad SMARTS) is 1. The summed E-state index contributed by atoms with van der Waals surface area (Å²) >= 11 is 6.20. The lowest BCUT2D eigenvalue weighted by Crippen LogP contribution is -2.33. The molecule has 0 atom stereocenters. The zero-order chi connectivity index (χ0) is 16.4. The summed E-state index contributed by atoms with van der Waals surface area (Å²) in [7, 11) is 0. The van der Waals surface area contributed by atoms with Crippen LogP contribution in [0.3, 0.4) is 0 Å². The largest absolute Gasteiger partial charge is 0.478 e. The zero-order valence-corrected chi connectivity index (χ0v) is 13.6. The van der Waals surface area contributed by atoms with Crippen LogP contribution < -0.4 is 0 Å². The number of carbonyl (C=O) groups is 1. The van der Waals surface area contributed by atoms with Gasteiger partial charge < -0.3 is 9.63 Å². The molecule has 23 heavy (non-hydrogen) atoms. The molecule has 0 spiro atoms. The van der Waals surface area contributed by atoms with Gasteiger partial charge in [-0.3, -0.25) is 4.90 Å². The van der Waals surface area contributed by atoms with E-state index in [0.717, 1.165) is 25.9 Å². The molecule has 0 unspecified atom stereocenters. The highest BCUT2D eigenvalue weighted by atomic mass is 35.5. The Balaban J connectivity index is 1.66. The van der Waals surface area contributed by atoms with Gasteiger partial charge in [-0.15, -0.1) is 0 Å². The average molecular weight is 336 g/mol. The first kappa shape index (κ1) is 16.0. The van der Waals surface area contributed by atoms with Crippen molar-refractivity contribution in [1.82, 2.24) is 15.0 Å². The molecule has 122 valence electrons. The van der Waals surface area contributed by atoms with Crippen LogP contribution in [0.2, 0.25) is 5.02 Å². The summed E-state index contributed by atoms with van der Waals surface area (Å²) in [6, 6.07) is 4.99. The van der Waals surface area contributed by atoms with Crippen LogP contribution in [0.15, 0.2) is 22.7 Å². The van der Waals surface area contributed by atoms with E-state index < -0.39 is 5.97 Å². The molecule has 1 aromatic carbocycles. The fourth-order valence-electron chi connectivity index (χ4n) is 2.96. The smallest absolute Gasteiger partial charge is 0.336 e. The highest BCUT2D eigenvalue weighted by Crippen LogP contribution is 2.29. The van der Waals surface area contributed by atoms with Crippen molar-refractivity contribution in [2.45, 2.75) is 32.2 Å². The third-order valence-electron chi connectivity index (χ3n) is 4.21. The Morgan fingerprint density at radius 2 is 2.17 bits per heavy atom. The van der Waals surface area contributed by atoms with Gasteiger partial charge in [0, 0.05) is 17.5 Å². The predicted molar refractivity (Wildman–Crippen MR) is 84.7 cm³/mol.